The van der Waals surface area contributed by atoms with Crippen LogP contribution >= 0.6 is 22.6 Å². The molecule has 3 heteroatoms. The van der Waals surface area contributed by atoms with Crippen molar-refractivity contribution in [3.05, 3.63) is 27.3 Å². The molecule has 1 aromatic rings. The first-order valence-corrected chi connectivity index (χ1v) is 9.19. The molecule has 1 amide bonds. The maximum absolute atomic E-state index is 13.0. The number of nitrogens with one attached hydrogen (secondary N) is 1. The van der Waals surface area contributed by atoms with Gasteiger partial charge in [-0.2, -0.15) is 0 Å². The summed E-state index contributed by atoms with van der Waals surface area (Å²) in [5.41, 5.74) is 2.18. The summed E-state index contributed by atoms with van der Waals surface area (Å²) in [5, 5.41) is 3.25. The molecule has 1 N–H and O–H groups in total. The average Bonchev–Trinajstić information content (AvgIpc) is 2.40. The number of anilines is 1. The Balaban J connectivity index is 1.57. The van der Waals surface area contributed by atoms with Crippen LogP contribution in [0.5, 0.6) is 0 Å². The van der Waals surface area contributed by atoms with E-state index < -0.39 is 0 Å². The van der Waals surface area contributed by atoms with Crippen LogP contribution in [0.2, 0.25) is 0 Å². The summed E-state index contributed by atoms with van der Waals surface area (Å²) in [7, 11) is 0. The third-order valence-corrected chi connectivity index (χ3v) is 6.79. The topological polar surface area (TPSA) is 29.1 Å². The number of carbonyl (C=O) groups excluding carboxylic acids is 1. The van der Waals surface area contributed by atoms with Crippen molar-refractivity contribution in [3.8, 4) is 0 Å². The fourth-order valence-electron chi connectivity index (χ4n) is 5.37. The molecular weight excluding hydrogens is 373 g/mol. The van der Waals surface area contributed by atoms with Gasteiger partial charge in [-0.15, -0.1) is 0 Å². The Bertz CT molecular complexity index is 560. The van der Waals surface area contributed by atoms with Gasteiger partial charge in [-0.05, 0) is 103 Å². The molecule has 0 radical (unpaired) electrons. The highest BCUT2D eigenvalue weighted by atomic mass is 127. The molecule has 4 bridgehead atoms. The van der Waals surface area contributed by atoms with Crippen molar-refractivity contribution in [2.45, 2.75) is 45.4 Å². The number of halogens is 1. The summed E-state index contributed by atoms with van der Waals surface area (Å²) in [5.74, 6) is 2.75. The monoisotopic (exact) mass is 395 g/mol. The van der Waals surface area contributed by atoms with Crippen molar-refractivity contribution in [3.63, 3.8) is 0 Å². The second-order valence-electron chi connectivity index (χ2n) is 7.64. The number of benzene rings is 1. The average molecular weight is 395 g/mol. The Morgan fingerprint density at radius 2 is 1.71 bits per heavy atom. The van der Waals surface area contributed by atoms with Gasteiger partial charge < -0.3 is 5.32 Å². The number of rotatable bonds is 2. The maximum Gasteiger partial charge on any atom is 0.230 e. The van der Waals surface area contributed by atoms with Gasteiger partial charge in [0.25, 0.3) is 0 Å². The van der Waals surface area contributed by atoms with Gasteiger partial charge in [0.15, 0.2) is 0 Å². The summed E-state index contributed by atoms with van der Waals surface area (Å²) in [6.45, 7) is 2.09. The largest absolute Gasteiger partial charge is 0.325 e. The Labute approximate surface area is 140 Å². The van der Waals surface area contributed by atoms with Crippen molar-refractivity contribution in [1.82, 2.24) is 0 Å². The van der Waals surface area contributed by atoms with E-state index in [0.717, 1.165) is 46.3 Å². The molecule has 0 saturated heterocycles. The molecule has 112 valence electrons. The van der Waals surface area contributed by atoms with Crippen LogP contribution < -0.4 is 5.32 Å². The van der Waals surface area contributed by atoms with Crippen molar-refractivity contribution >= 4 is 34.2 Å². The molecule has 4 aliphatic rings. The Hall–Kier alpha value is -0.580. The van der Waals surface area contributed by atoms with Crippen LogP contribution in [0.15, 0.2) is 18.2 Å². The van der Waals surface area contributed by atoms with Gasteiger partial charge in [0, 0.05) is 3.57 Å². The lowest BCUT2D eigenvalue weighted by atomic mass is 9.49. The van der Waals surface area contributed by atoms with Gasteiger partial charge in [-0.1, -0.05) is 6.07 Å². The highest BCUT2D eigenvalue weighted by molar-refractivity contribution is 14.1. The van der Waals surface area contributed by atoms with Crippen LogP contribution in [0, 0.1) is 33.7 Å². The zero-order valence-corrected chi connectivity index (χ0v) is 14.7. The van der Waals surface area contributed by atoms with Crippen LogP contribution in [0.25, 0.3) is 0 Å². The normalized spacial score (nSPS) is 36.8. The van der Waals surface area contributed by atoms with Gasteiger partial charge >= 0.3 is 0 Å². The van der Waals surface area contributed by atoms with Crippen LogP contribution in [0.3, 0.4) is 0 Å². The molecule has 0 aliphatic heterocycles. The van der Waals surface area contributed by atoms with E-state index in [1.54, 1.807) is 0 Å². The Morgan fingerprint density at radius 1 is 1.14 bits per heavy atom. The van der Waals surface area contributed by atoms with Crippen molar-refractivity contribution in [1.29, 1.82) is 0 Å². The minimum absolute atomic E-state index is 0.0529. The summed E-state index contributed by atoms with van der Waals surface area (Å²) >= 11 is 2.32. The van der Waals surface area contributed by atoms with E-state index in [1.807, 2.05) is 0 Å². The fourth-order valence-corrected chi connectivity index (χ4v) is 6.17. The van der Waals surface area contributed by atoms with Crippen molar-refractivity contribution in [2.24, 2.45) is 23.2 Å². The number of aryl methyl sites for hydroxylation is 1. The molecule has 5 rings (SSSR count). The minimum atomic E-state index is -0.0529. The lowest BCUT2D eigenvalue weighted by molar-refractivity contribution is -0.140. The Morgan fingerprint density at radius 3 is 2.24 bits per heavy atom. The standard InChI is InChI=1S/C18H22INO/c1-11-2-3-16(15(19)4-11)20-17(21)18-8-12-5-13(9-18)7-14(6-12)10-18/h2-4,12-14H,5-10H2,1H3,(H,20,21). The summed E-state index contributed by atoms with van der Waals surface area (Å²) in [4.78, 5) is 13.0. The highest BCUT2D eigenvalue weighted by Gasteiger charge is 2.54. The molecule has 1 aromatic carbocycles. The van der Waals surface area contributed by atoms with E-state index in [0.29, 0.717) is 5.91 Å². The molecule has 0 heterocycles. The van der Waals surface area contributed by atoms with E-state index in [9.17, 15) is 4.79 Å². The molecule has 0 atom stereocenters. The predicted molar refractivity (Wildman–Crippen MR) is 93.1 cm³/mol. The minimum Gasteiger partial charge on any atom is -0.325 e. The first-order chi connectivity index (χ1) is 10.0. The van der Waals surface area contributed by atoms with E-state index >= 15 is 0 Å². The maximum atomic E-state index is 13.0. The van der Waals surface area contributed by atoms with E-state index in [2.05, 4.69) is 53.0 Å². The fraction of sp³-hybridized carbons (Fsp3) is 0.611. The lowest BCUT2D eigenvalue weighted by Gasteiger charge is -2.55. The second kappa shape index (κ2) is 4.97. The zero-order chi connectivity index (χ0) is 14.6. The van der Waals surface area contributed by atoms with E-state index in [4.69, 9.17) is 0 Å². The molecule has 2 nitrogen and oxygen atoms in total. The highest BCUT2D eigenvalue weighted by Crippen LogP contribution is 2.60. The quantitative estimate of drug-likeness (QED) is 0.720. The van der Waals surface area contributed by atoms with Crippen LogP contribution in [-0.4, -0.2) is 5.91 Å². The van der Waals surface area contributed by atoms with Crippen LogP contribution in [0.1, 0.15) is 44.1 Å². The molecule has 0 unspecified atom stereocenters. The van der Waals surface area contributed by atoms with Gasteiger partial charge in [0.05, 0.1) is 11.1 Å². The summed E-state index contributed by atoms with van der Waals surface area (Å²) < 4.78 is 1.14. The number of amides is 1. The van der Waals surface area contributed by atoms with E-state index in [1.165, 1.54) is 24.8 Å². The second-order valence-corrected chi connectivity index (χ2v) is 8.80. The summed E-state index contributed by atoms with van der Waals surface area (Å²) in [6, 6.07) is 6.27. The molecule has 4 fully saturated rings. The molecule has 4 aliphatic carbocycles. The number of hydrogen-bond acceptors (Lipinski definition) is 1. The third-order valence-electron chi connectivity index (χ3n) is 5.89. The third kappa shape index (κ3) is 2.41. The molecule has 0 spiro atoms. The van der Waals surface area contributed by atoms with Gasteiger partial charge in [0.1, 0.15) is 0 Å². The van der Waals surface area contributed by atoms with Gasteiger partial charge in [0.2, 0.25) is 5.91 Å². The Kier molecular flexibility index (Phi) is 3.32. The SMILES string of the molecule is Cc1ccc(NC(=O)C23CC4CC(CC(C4)C2)C3)c(I)c1. The molecule has 21 heavy (non-hydrogen) atoms. The van der Waals surface area contributed by atoms with Crippen molar-refractivity contribution in [2.75, 3.05) is 5.32 Å². The first-order valence-electron chi connectivity index (χ1n) is 8.12. The van der Waals surface area contributed by atoms with E-state index in [-0.39, 0.29) is 5.41 Å². The number of carbonyl (C=O) groups is 1. The molecule has 0 aromatic heterocycles. The predicted octanol–water partition coefficient (Wildman–Crippen LogP) is 4.75. The van der Waals surface area contributed by atoms with Crippen molar-refractivity contribution < 1.29 is 4.79 Å². The molecular formula is C18H22INO. The first kappa shape index (κ1) is 14.0. The smallest absolute Gasteiger partial charge is 0.230 e. The lowest BCUT2D eigenvalue weighted by Crippen LogP contribution is -2.51. The summed E-state index contributed by atoms with van der Waals surface area (Å²) in [6.07, 6.45) is 7.55. The van der Waals surface area contributed by atoms with Crippen LogP contribution in [-0.2, 0) is 4.79 Å². The van der Waals surface area contributed by atoms with Gasteiger partial charge in [-0.3, -0.25) is 4.79 Å². The van der Waals surface area contributed by atoms with Gasteiger partial charge in [-0.25, -0.2) is 0 Å². The zero-order valence-electron chi connectivity index (χ0n) is 12.5. The number of hydrogen-bond donors (Lipinski definition) is 1. The molecule has 4 saturated carbocycles. The van der Waals surface area contributed by atoms with Crippen LogP contribution in [0.4, 0.5) is 5.69 Å².